The van der Waals surface area contributed by atoms with Crippen molar-refractivity contribution in [1.82, 2.24) is 10.6 Å². The Morgan fingerprint density at radius 2 is 0.974 bits per heavy atom. The normalized spacial score (nSPS) is 21.8. The summed E-state index contributed by atoms with van der Waals surface area (Å²) in [7, 11) is 0. The molecule has 2 N–H and O–H groups in total. The van der Waals surface area contributed by atoms with Gasteiger partial charge in [-0.25, -0.2) is 0 Å². The van der Waals surface area contributed by atoms with Crippen molar-refractivity contribution in [3.8, 4) is 0 Å². The number of rotatable bonds is 13. The van der Waals surface area contributed by atoms with Crippen molar-refractivity contribution < 1.29 is 57.2 Å². The Bertz CT molecular complexity index is 796. The zero-order chi connectivity index (χ0) is 28.2. The Kier molecular flexibility index (Phi) is 12.4. The van der Waals surface area contributed by atoms with Gasteiger partial charge in [0.1, 0.15) is 0 Å². The first-order valence-electron chi connectivity index (χ1n) is 12.5. The average molecular weight is 545 g/mol. The minimum Gasteiger partial charge on any atom is -0.454 e. The predicted octanol–water partition coefficient (Wildman–Crippen LogP) is -0.696. The van der Waals surface area contributed by atoms with Crippen LogP contribution in [0.4, 0.5) is 0 Å². The van der Waals surface area contributed by atoms with E-state index in [4.69, 9.17) is 28.4 Å². The topological polar surface area (TPSA) is 182 Å². The molecule has 2 rings (SSSR count). The minimum atomic E-state index is -1.87. The summed E-state index contributed by atoms with van der Waals surface area (Å²) < 4.78 is 31.9. The summed E-state index contributed by atoms with van der Waals surface area (Å²) in [5.41, 5.74) is 0. The third-order valence-electron chi connectivity index (χ3n) is 5.68. The molecule has 2 fully saturated rings. The number of hydrogen-bond donors (Lipinski definition) is 2. The number of esters is 4. The van der Waals surface area contributed by atoms with Crippen molar-refractivity contribution in [3.63, 3.8) is 0 Å². The second-order valence-corrected chi connectivity index (χ2v) is 8.97. The van der Waals surface area contributed by atoms with E-state index in [0.717, 1.165) is 40.5 Å². The van der Waals surface area contributed by atoms with E-state index in [2.05, 4.69) is 10.6 Å². The van der Waals surface area contributed by atoms with Crippen molar-refractivity contribution in [3.05, 3.63) is 0 Å². The molecule has 0 aliphatic carbocycles. The van der Waals surface area contributed by atoms with Gasteiger partial charge in [0, 0.05) is 54.0 Å². The lowest BCUT2D eigenvalue weighted by Crippen LogP contribution is -2.59. The number of nitrogens with one attached hydrogen (secondary N) is 2. The summed E-state index contributed by atoms with van der Waals surface area (Å²) in [6.07, 6.45) is -4.99. The largest absolute Gasteiger partial charge is 0.454 e. The van der Waals surface area contributed by atoms with E-state index in [1.54, 1.807) is 0 Å². The molecule has 14 nitrogen and oxygen atoms in total. The molecule has 0 radical (unpaired) electrons. The monoisotopic (exact) mass is 544 g/mol. The highest BCUT2D eigenvalue weighted by Crippen LogP contribution is 2.21. The van der Waals surface area contributed by atoms with Crippen LogP contribution in [0.5, 0.6) is 0 Å². The minimum absolute atomic E-state index is 0.0663. The van der Waals surface area contributed by atoms with Crippen LogP contribution in [0.15, 0.2) is 0 Å². The van der Waals surface area contributed by atoms with Gasteiger partial charge in [0.2, 0.25) is 12.2 Å². The Morgan fingerprint density at radius 3 is 1.24 bits per heavy atom. The fourth-order valence-corrected chi connectivity index (χ4v) is 4.12. The van der Waals surface area contributed by atoms with Crippen molar-refractivity contribution in [2.75, 3.05) is 26.3 Å². The maximum Gasteiger partial charge on any atom is 0.303 e. The molecule has 0 bridgehead atoms. The highest BCUT2D eigenvalue weighted by Gasteiger charge is 2.49. The molecule has 214 valence electrons. The highest BCUT2D eigenvalue weighted by molar-refractivity contribution is 5.87. The summed E-state index contributed by atoms with van der Waals surface area (Å²) >= 11 is 0. The molecule has 2 aliphatic heterocycles. The quantitative estimate of drug-likeness (QED) is 0.220. The number of carbonyl (C=O) groups is 6. The van der Waals surface area contributed by atoms with Crippen LogP contribution >= 0.6 is 0 Å². The van der Waals surface area contributed by atoms with E-state index >= 15 is 0 Å². The Morgan fingerprint density at radius 1 is 0.632 bits per heavy atom. The summed E-state index contributed by atoms with van der Waals surface area (Å²) in [4.78, 5) is 74.3. The molecule has 2 amide bonds. The van der Waals surface area contributed by atoms with Gasteiger partial charge in [-0.1, -0.05) is 0 Å². The highest BCUT2D eigenvalue weighted by atomic mass is 16.6. The van der Waals surface area contributed by atoms with Gasteiger partial charge in [0.05, 0.1) is 12.2 Å². The Labute approximate surface area is 220 Å². The molecule has 2 saturated heterocycles. The van der Waals surface area contributed by atoms with E-state index in [1.807, 2.05) is 0 Å². The summed E-state index contributed by atoms with van der Waals surface area (Å²) in [6, 6.07) is 0. The summed E-state index contributed by atoms with van der Waals surface area (Å²) in [5.74, 6) is -5.54. The molecular formula is C24H36N2O12. The van der Waals surface area contributed by atoms with E-state index in [0.29, 0.717) is 26.1 Å². The molecule has 38 heavy (non-hydrogen) atoms. The number of ether oxygens (including phenoxy) is 6. The molecule has 0 aromatic carbocycles. The van der Waals surface area contributed by atoms with E-state index in [1.165, 1.54) is 0 Å². The van der Waals surface area contributed by atoms with Gasteiger partial charge in [0.15, 0.2) is 12.2 Å². The van der Waals surface area contributed by atoms with Crippen LogP contribution in [-0.2, 0) is 57.2 Å². The second-order valence-electron chi connectivity index (χ2n) is 8.97. The first-order valence-corrected chi connectivity index (χ1v) is 12.5. The van der Waals surface area contributed by atoms with Crippen LogP contribution in [0.3, 0.4) is 0 Å². The number of amides is 2. The van der Waals surface area contributed by atoms with Crippen LogP contribution in [0, 0.1) is 0 Å². The van der Waals surface area contributed by atoms with Crippen molar-refractivity contribution in [2.45, 2.75) is 90.0 Å². The summed E-state index contributed by atoms with van der Waals surface area (Å²) in [5, 5.41) is 5.13. The van der Waals surface area contributed by atoms with Crippen molar-refractivity contribution in [2.24, 2.45) is 0 Å². The third kappa shape index (κ3) is 10.2. The molecule has 0 aromatic heterocycles. The van der Waals surface area contributed by atoms with E-state index in [9.17, 15) is 28.8 Å². The number of carbonyl (C=O) groups excluding carboxylic acids is 6. The molecule has 0 aromatic rings. The van der Waals surface area contributed by atoms with E-state index in [-0.39, 0.29) is 25.3 Å². The van der Waals surface area contributed by atoms with Crippen LogP contribution in [-0.4, -0.2) is 98.6 Å². The van der Waals surface area contributed by atoms with Crippen LogP contribution in [0.25, 0.3) is 0 Å². The maximum absolute atomic E-state index is 13.2. The van der Waals surface area contributed by atoms with Gasteiger partial charge in [-0.3, -0.25) is 28.8 Å². The van der Waals surface area contributed by atoms with Gasteiger partial charge in [-0.05, 0) is 25.7 Å². The lowest BCUT2D eigenvalue weighted by molar-refractivity contribution is -0.200. The lowest BCUT2D eigenvalue weighted by Gasteiger charge is -2.34. The fraction of sp³-hybridized carbons (Fsp3) is 0.750. The van der Waals surface area contributed by atoms with Gasteiger partial charge >= 0.3 is 23.9 Å². The molecular weight excluding hydrogens is 508 g/mol. The zero-order valence-electron chi connectivity index (χ0n) is 22.0. The van der Waals surface area contributed by atoms with Gasteiger partial charge in [0.25, 0.3) is 11.8 Å². The number of hydrogen-bond acceptors (Lipinski definition) is 12. The van der Waals surface area contributed by atoms with E-state index < -0.39 is 60.1 Å². The standard InChI is InChI=1S/C24H36N2O12/c1-13(27)35-19(21(37-15(3)29)23(31)25-11-17-7-5-9-33-17)20(36-14(2)28)22(38-16(4)30)24(32)26-12-18-8-6-10-34-18/h17-22H,5-12H2,1-4H3,(H,25,31)(H,26,32)/t17-,18-,19-,20+,21-,22+/m0/s1. The van der Waals surface area contributed by atoms with Crippen LogP contribution in [0.1, 0.15) is 53.4 Å². The third-order valence-corrected chi connectivity index (χ3v) is 5.68. The second kappa shape index (κ2) is 15.2. The van der Waals surface area contributed by atoms with Gasteiger partial charge in [-0.2, -0.15) is 0 Å². The van der Waals surface area contributed by atoms with Gasteiger partial charge < -0.3 is 39.1 Å². The predicted molar refractivity (Wildman–Crippen MR) is 126 cm³/mol. The smallest absolute Gasteiger partial charge is 0.303 e. The molecule has 14 heteroatoms. The first-order chi connectivity index (χ1) is 18.0. The molecule has 0 spiro atoms. The van der Waals surface area contributed by atoms with Crippen LogP contribution in [0.2, 0.25) is 0 Å². The fourth-order valence-electron chi connectivity index (χ4n) is 4.12. The van der Waals surface area contributed by atoms with Crippen molar-refractivity contribution in [1.29, 1.82) is 0 Å². The molecule has 2 heterocycles. The maximum atomic E-state index is 13.2. The van der Waals surface area contributed by atoms with Crippen molar-refractivity contribution >= 4 is 35.7 Å². The van der Waals surface area contributed by atoms with Gasteiger partial charge in [-0.15, -0.1) is 0 Å². The molecule has 0 unspecified atom stereocenters. The lowest BCUT2D eigenvalue weighted by atomic mass is 10.00. The molecule has 2 aliphatic rings. The van der Waals surface area contributed by atoms with Crippen LogP contribution < -0.4 is 10.6 Å². The molecule has 6 atom stereocenters. The Balaban J connectivity index is 2.39. The Hall–Kier alpha value is -3.26. The SMILES string of the molecule is CC(=O)O[C@H]([C@H](OC(C)=O)[C@H](OC(C)=O)C(=O)NC[C@@H]1CCCO1)[C@@H](OC(C)=O)C(=O)NC[C@@H]1CCCO1. The average Bonchev–Trinajstić information content (AvgIpc) is 3.54. The molecule has 0 saturated carbocycles. The first kappa shape index (κ1) is 31.0. The summed E-state index contributed by atoms with van der Waals surface area (Å²) in [6.45, 7) is 5.24. The zero-order valence-corrected chi connectivity index (χ0v) is 22.0.